The molecule has 0 aliphatic carbocycles. The van der Waals surface area contributed by atoms with Crippen molar-refractivity contribution in [3.05, 3.63) is 29.8 Å². The zero-order chi connectivity index (χ0) is 16.8. The summed E-state index contributed by atoms with van der Waals surface area (Å²) in [6.45, 7) is 4.63. The van der Waals surface area contributed by atoms with Crippen LogP contribution in [0.25, 0.3) is 0 Å². The second kappa shape index (κ2) is 7.77. The highest BCUT2D eigenvalue weighted by atomic mass is 16.6. The topological polar surface area (TPSA) is 114 Å². The number of nitrogens with two attached hydrogens (primary N) is 1. The van der Waals surface area contributed by atoms with Gasteiger partial charge in [-0.1, -0.05) is 0 Å². The minimum atomic E-state index is -0.758. The SMILES string of the molecule is CC(C)(C)OC(=O)/N=C(\N)c1ccc(OC(CO)CO)cc1. The minimum Gasteiger partial charge on any atom is -0.486 e. The number of carbonyl (C=O) groups excluding carboxylic acids is 1. The maximum atomic E-state index is 11.6. The average molecular weight is 310 g/mol. The molecule has 0 radical (unpaired) electrons. The zero-order valence-corrected chi connectivity index (χ0v) is 12.9. The van der Waals surface area contributed by atoms with Gasteiger partial charge in [0.25, 0.3) is 0 Å². The second-order valence-electron chi connectivity index (χ2n) is 5.61. The van der Waals surface area contributed by atoms with Gasteiger partial charge in [0, 0.05) is 5.56 Å². The zero-order valence-electron chi connectivity index (χ0n) is 12.9. The third kappa shape index (κ3) is 6.11. The molecule has 1 aromatic rings. The molecule has 1 aromatic carbocycles. The summed E-state index contributed by atoms with van der Waals surface area (Å²) in [5.41, 5.74) is 5.64. The van der Waals surface area contributed by atoms with Crippen molar-refractivity contribution in [2.75, 3.05) is 13.2 Å². The molecule has 0 atom stereocenters. The molecular weight excluding hydrogens is 288 g/mol. The minimum absolute atomic E-state index is 0.0293. The number of aliphatic hydroxyl groups is 2. The molecule has 1 rings (SSSR count). The first-order chi connectivity index (χ1) is 10.2. The number of amides is 1. The average Bonchev–Trinajstić information content (AvgIpc) is 2.43. The van der Waals surface area contributed by atoms with Gasteiger partial charge in [0.15, 0.2) is 0 Å². The molecule has 0 fully saturated rings. The van der Waals surface area contributed by atoms with Gasteiger partial charge >= 0.3 is 6.09 Å². The fourth-order valence-electron chi connectivity index (χ4n) is 1.48. The van der Waals surface area contributed by atoms with Crippen LogP contribution in [0, 0.1) is 0 Å². The molecule has 4 N–H and O–H groups in total. The first-order valence-corrected chi connectivity index (χ1v) is 6.81. The van der Waals surface area contributed by atoms with E-state index in [-0.39, 0.29) is 19.0 Å². The van der Waals surface area contributed by atoms with Crippen molar-refractivity contribution in [1.29, 1.82) is 0 Å². The standard InChI is InChI=1S/C15H22N2O5/c1-15(2,3)22-14(20)17-13(16)10-4-6-11(7-5-10)21-12(8-18)9-19/h4-7,12,18-19H,8-9H2,1-3H3,(H2,16,17,20). The Morgan fingerprint density at radius 2 is 1.77 bits per heavy atom. The van der Waals surface area contributed by atoms with E-state index in [9.17, 15) is 4.79 Å². The number of amidine groups is 1. The molecule has 0 heterocycles. The van der Waals surface area contributed by atoms with Crippen LogP contribution in [0.15, 0.2) is 29.3 Å². The van der Waals surface area contributed by atoms with Gasteiger partial charge in [-0.15, -0.1) is 0 Å². The van der Waals surface area contributed by atoms with Gasteiger partial charge in [0.05, 0.1) is 13.2 Å². The lowest BCUT2D eigenvalue weighted by molar-refractivity contribution is 0.0604. The van der Waals surface area contributed by atoms with Gasteiger partial charge in [-0.05, 0) is 45.0 Å². The Kier molecular flexibility index (Phi) is 6.33. The first kappa shape index (κ1) is 17.9. The van der Waals surface area contributed by atoms with E-state index in [1.807, 2.05) is 0 Å². The number of carbonyl (C=O) groups is 1. The maximum Gasteiger partial charge on any atom is 0.436 e. The summed E-state index contributed by atoms with van der Waals surface area (Å²) in [7, 11) is 0. The summed E-state index contributed by atoms with van der Waals surface area (Å²) in [4.78, 5) is 15.2. The third-order valence-corrected chi connectivity index (χ3v) is 2.47. The molecule has 0 spiro atoms. The van der Waals surface area contributed by atoms with E-state index in [0.717, 1.165) is 0 Å². The van der Waals surface area contributed by atoms with E-state index in [0.29, 0.717) is 11.3 Å². The lowest BCUT2D eigenvalue weighted by atomic mass is 10.2. The molecular formula is C15H22N2O5. The third-order valence-electron chi connectivity index (χ3n) is 2.47. The Hall–Kier alpha value is -2.12. The predicted molar refractivity (Wildman–Crippen MR) is 82.0 cm³/mol. The van der Waals surface area contributed by atoms with Crippen LogP contribution in [-0.2, 0) is 4.74 Å². The molecule has 0 aliphatic heterocycles. The van der Waals surface area contributed by atoms with Gasteiger partial charge in [-0.3, -0.25) is 0 Å². The van der Waals surface area contributed by atoms with Crippen LogP contribution < -0.4 is 10.5 Å². The molecule has 0 aliphatic rings. The predicted octanol–water partition coefficient (Wildman–Crippen LogP) is 1.06. The number of benzene rings is 1. The summed E-state index contributed by atoms with van der Waals surface area (Å²) >= 11 is 0. The van der Waals surface area contributed by atoms with Gasteiger partial charge in [0.2, 0.25) is 0 Å². The number of aliphatic imine (C=N–C) groups is 1. The molecule has 0 saturated carbocycles. The molecule has 0 bridgehead atoms. The number of aliphatic hydroxyl groups excluding tert-OH is 2. The number of ether oxygens (including phenoxy) is 2. The van der Waals surface area contributed by atoms with Gasteiger partial charge in [-0.2, -0.15) is 4.99 Å². The van der Waals surface area contributed by atoms with Gasteiger partial charge in [0.1, 0.15) is 23.3 Å². The van der Waals surface area contributed by atoms with Crippen LogP contribution in [0.2, 0.25) is 0 Å². The molecule has 22 heavy (non-hydrogen) atoms. The van der Waals surface area contributed by atoms with Crippen molar-refractivity contribution in [3.8, 4) is 5.75 Å². The van der Waals surface area contributed by atoms with Crippen molar-refractivity contribution < 1.29 is 24.5 Å². The highest BCUT2D eigenvalue weighted by Gasteiger charge is 2.16. The first-order valence-electron chi connectivity index (χ1n) is 6.81. The van der Waals surface area contributed by atoms with Crippen LogP contribution in [0.4, 0.5) is 4.79 Å². The number of nitrogens with zero attached hydrogens (tertiary/aromatic N) is 1. The van der Waals surface area contributed by atoms with E-state index >= 15 is 0 Å². The Balaban J connectivity index is 2.75. The lowest BCUT2D eigenvalue weighted by Gasteiger charge is -2.17. The smallest absolute Gasteiger partial charge is 0.436 e. The molecule has 0 saturated heterocycles. The quantitative estimate of drug-likeness (QED) is 0.553. The Bertz CT molecular complexity index is 516. The molecule has 1 amide bonds. The molecule has 122 valence electrons. The Morgan fingerprint density at radius 1 is 1.23 bits per heavy atom. The fraction of sp³-hybridized carbons (Fsp3) is 0.467. The van der Waals surface area contributed by atoms with E-state index in [4.69, 9.17) is 25.4 Å². The molecule has 0 unspecified atom stereocenters. The van der Waals surface area contributed by atoms with Crippen molar-refractivity contribution in [1.82, 2.24) is 0 Å². The van der Waals surface area contributed by atoms with Crippen molar-refractivity contribution >= 4 is 11.9 Å². The monoisotopic (exact) mass is 310 g/mol. The van der Waals surface area contributed by atoms with Crippen molar-refractivity contribution in [3.63, 3.8) is 0 Å². The van der Waals surface area contributed by atoms with E-state index in [1.165, 1.54) is 0 Å². The number of hydrogen-bond donors (Lipinski definition) is 3. The molecule has 0 aromatic heterocycles. The van der Waals surface area contributed by atoms with Crippen LogP contribution in [0.1, 0.15) is 26.3 Å². The van der Waals surface area contributed by atoms with Crippen LogP contribution in [0.3, 0.4) is 0 Å². The molecule has 7 nitrogen and oxygen atoms in total. The normalized spacial score (nSPS) is 12.4. The summed E-state index contributed by atoms with van der Waals surface area (Å²) < 4.78 is 10.4. The van der Waals surface area contributed by atoms with E-state index < -0.39 is 17.8 Å². The van der Waals surface area contributed by atoms with Crippen LogP contribution in [0.5, 0.6) is 5.75 Å². The summed E-state index contributed by atoms with van der Waals surface area (Å²) in [6, 6.07) is 6.44. The van der Waals surface area contributed by atoms with Crippen molar-refractivity contribution in [2.45, 2.75) is 32.5 Å². The summed E-state index contributed by atoms with van der Waals surface area (Å²) in [6.07, 6.45) is -1.44. The van der Waals surface area contributed by atoms with E-state index in [2.05, 4.69) is 4.99 Å². The van der Waals surface area contributed by atoms with Crippen molar-refractivity contribution in [2.24, 2.45) is 10.7 Å². The highest BCUT2D eigenvalue weighted by Crippen LogP contribution is 2.14. The van der Waals surface area contributed by atoms with E-state index in [1.54, 1.807) is 45.0 Å². The molecule has 7 heteroatoms. The highest BCUT2D eigenvalue weighted by molar-refractivity contribution is 6.02. The van der Waals surface area contributed by atoms with Gasteiger partial charge < -0.3 is 25.4 Å². The van der Waals surface area contributed by atoms with Crippen LogP contribution in [-0.4, -0.2) is 47.1 Å². The maximum absolute atomic E-state index is 11.6. The van der Waals surface area contributed by atoms with Crippen LogP contribution >= 0.6 is 0 Å². The summed E-state index contributed by atoms with van der Waals surface area (Å²) in [5.74, 6) is 0.489. The van der Waals surface area contributed by atoms with Gasteiger partial charge in [-0.25, -0.2) is 4.79 Å². The summed E-state index contributed by atoms with van der Waals surface area (Å²) in [5, 5.41) is 17.9. The Morgan fingerprint density at radius 3 is 2.23 bits per heavy atom. The number of hydrogen-bond acceptors (Lipinski definition) is 5. The number of rotatable bonds is 5. The fourth-order valence-corrected chi connectivity index (χ4v) is 1.48. The largest absolute Gasteiger partial charge is 0.486 e. The lowest BCUT2D eigenvalue weighted by Crippen LogP contribution is -2.25. The second-order valence-corrected chi connectivity index (χ2v) is 5.61. The Labute approximate surface area is 129 Å².